The van der Waals surface area contributed by atoms with Gasteiger partial charge >= 0.3 is 13.7 Å². The molecule has 40 heavy (non-hydrogen) atoms. The smallest absolute Gasteiger partial charge is 0.403 e. The standard InChI is InChI=1S/C26H36N5O7PS/c1-16(2)15-37-25(33)18(4)31-39(35,36)38-12-11-22(40-26(34)20-9-7-6-8-10-20)17(3)29-23(32)13-21-14-28-19(5)30-24(21)27/h6-10,14,16,18H,11-13,15H2,1-5H3,(H,29,32)(H2,27,28,30)(H2,31,35,36)/b22-17-/t18-/m0/s1. The Hall–Kier alpha value is -3.09. The normalized spacial score (nSPS) is 14.2. The van der Waals surface area contributed by atoms with E-state index >= 15 is 0 Å². The number of nitrogens with zero attached hydrogens (tertiary/aromatic N) is 2. The van der Waals surface area contributed by atoms with Crippen molar-refractivity contribution < 1.29 is 33.1 Å². The number of benzene rings is 1. The maximum absolute atomic E-state index is 12.9. The lowest BCUT2D eigenvalue weighted by Gasteiger charge is -2.19. The Kier molecular flexibility index (Phi) is 12.9. The zero-order valence-electron chi connectivity index (χ0n) is 23.2. The fourth-order valence-electron chi connectivity index (χ4n) is 3.18. The number of thioether (sulfide) groups is 1. The van der Waals surface area contributed by atoms with Crippen LogP contribution in [0, 0.1) is 12.8 Å². The van der Waals surface area contributed by atoms with E-state index in [-0.39, 0.29) is 42.9 Å². The third-order valence-electron chi connectivity index (χ3n) is 5.20. The summed E-state index contributed by atoms with van der Waals surface area (Å²) in [4.78, 5) is 56.4. The maximum Gasteiger partial charge on any atom is 0.403 e. The molecule has 12 nitrogen and oxygen atoms in total. The van der Waals surface area contributed by atoms with Crippen LogP contribution in [0.15, 0.2) is 47.1 Å². The highest BCUT2D eigenvalue weighted by Gasteiger charge is 2.27. The van der Waals surface area contributed by atoms with E-state index in [2.05, 4.69) is 20.4 Å². The molecule has 1 aromatic carbocycles. The lowest BCUT2D eigenvalue weighted by Crippen LogP contribution is -2.34. The molecule has 1 amide bonds. The van der Waals surface area contributed by atoms with E-state index in [1.54, 1.807) is 44.2 Å². The Morgan fingerprint density at radius 2 is 1.85 bits per heavy atom. The first-order valence-electron chi connectivity index (χ1n) is 12.5. The van der Waals surface area contributed by atoms with Gasteiger partial charge in [-0.2, -0.15) is 0 Å². The minimum absolute atomic E-state index is 0.0174. The molecule has 0 aliphatic heterocycles. The van der Waals surface area contributed by atoms with Crippen molar-refractivity contribution in [2.24, 2.45) is 5.92 Å². The lowest BCUT2D eigenvalue weighted by atomic mass is 10.2. The van der Waals surface area contributed by atoms with Crippen molar-refractivity contribution in [2.45, 2.75) is 53.5 Å². The Bertz CT molecular complexity index is 1270. The molecule has 0 saturated carbocycles. The van der Waals surface area contributed by atoms with Crippen LogP contribution in [-0.2, 0) is 29.8 Å². The lowest BCUT2D eigenvalue weighted by molar-refractivity contribution is -0.146. The highest BCUT2D eigenvalue weighted by atomic mass is 32.2. The molecule has 218 valence electrons. The summed E-state index contributed by atoms with van der Waals surface area (Å²) in [6.45, 7) is 8.31. The summed E-state index contributed by atoms with van der Waals surface area (Å²) in [5.74, 6) is -0.310. The summed E-state index contributed by atoms with van der Waals surface area (Å²) in [7, 11) is -4.39. The van der Waals surface area contributed by atoms with Crippen LogP contribution in [0.4, 0.5) is 5.82 Å². The molecule has 0 saturated heterocycles. The molecule has 1 heterocycles. The van der Waals surface area contributed by atoms with Gasteiger partial charge in [-0.15, -0.1) is 0 Å². The zero-order chi connectivity index (χ0) is 29.9. The number of carbonyl (C=O) groups is 3. The molecule has 0 fully saturated rings. The van der Waals surface area contributed by atoms with Crippen LogP contribution < -0.4 is 16.1 Å². The summed E-state index contributed by atoms with van der Waals surface area (Å²) in [5.41, 5.74) is 7.14. The quantitative estimate of drug-likeness (QED) is 0.185. The molecule has 5 N–H and O–H groups in total. The predicted octanol–water partition coefficient (Wildman–Crippen LogP) is 3.52. The van der Waals surface area contributed by atoms with Gasteiger partial charge in [-0.05, 0) is 38.5 Å². The first-order valence-corrected chi connectivity index (χ1v) is 14.9. The number of aryl methyl sites for hydroxylation is 1. The van der Waals surface area contributed by atoms with Crippen molar-refractivity contribution in [3.63, 3.8) is 0 Å². The molecule has 1 unspecified atom stereocenters. The average molecular weight is 594 g/mol. The fourth-order valence-corrected chi connectivity index (χ4v) is 5.05. The minimum Gasteiger partial charge on any atom is -0.464 e. The van der Waals surface area contributed by atoms with E-state index in [9.17, 15) is 23.8 Å². The van der Waals surface area contributed by atoms with Gasteiger partial charge < -0.3 is 20.7 Å². The number of nitrogens with one attached hydrogen (secondary N) is 2. The topological polar surface area (TPSA) is 183 Å². The number of allylic oxidation sites excluding steroid dienone is 1. The van der Waals surface area contributed by atoms with Crippen molar-refractivity contribution >= 4 is 42.3 Å². The number of nitrogen functional groups attached to an aromatic ring is 1. The Morgan fingerprint density at radius 1 is 1.18 bits per heavy atom. The number of ether oxygens (including phenoxy) is 1. The van der Waals surface area contributed by atoms with Gasteiger partial charge in [-0.3, -0.25) is 18.9 Å². The highest BCUT2D eigenvalue weighted by Crippen LogP contribution is 2.39. The molecule has 2 atom stereocenters. The number of amides is 1. The van der Waals surface area contributed by atoms with Gasteiger partial charge in [0.2, 0.25) is 11.0 Å². The van der Waals surface area contributed by atoms with Crippen LogP contribution >= 0.6 is 19.5 Å². The Morgan fingerprint density at radius 3 is 2.48 bits per heavy atom. The van der Waals surface area contributed by atoms with E-state index in [1.165, 1.54) is 13.1 Å². The molecular formula is C26H36N5O7PS. The van der Waals surface area contributed by atoms with Crippen molar-refractivity contribution in [1.29, 1.82) is 0 Å². The number of aromatic nitrogens is 2. The predicted molar refractivity (Wildman–Crippen MR) is 153 cm³/mol. The maximum atomic E-state index is 12.9. The van der Waals surface area contributed by atoms with Crippen LogP contribution in [0.3, 0.4) is 0 Å². The van der Waals surface area contributed by atoms with Gasteiger partial charge in [0.25, 0.3) is 0 Å². The second-order valence-electron chi connectivity index (χ2n) is 9.33. The molecule has 0 radical (unpaired) electrons. The van der Waals surface area contributed by atoms with Crippen molar-refractivity contribution in [1.82, 2.24) is 20.4 Å². The van der Waals surface area contributed by atoms with Crippen LogP contribution in [0.1, 0.15) is 55.9 Å². The van der Waals surface area contributed by atoms with Crippen LogP contribution in [0.2, 0.25) is 0 Å². The van der Waals surface area contributed by atoms with E-state index in [1.807, 2.05) is 13.8 Å². The largest absolute Gasteiger partial charge is 0.464 e. The van der Waals surface area contributed by atoms with Crippen molar-refractivity contribution in [3.05, 3.63) is 64.1 Å². The third-order valence-corrected chi connectivity index (χ3v) is 7.63. The second kappa shape index (κ2) is 15.6. The zero-order valence-corrected chi connectivity index (χ0v) is 24.9. The molecule has 2 rings (SSSR count). The molecule has 1 aromatic heterocycles. The fraction of sp³-hybridized carbons (Fsp3) is 0.423. The second-order valence-corrected chi connectivity index (χ2v) is 12.0. The molecule has 0 bridgehead atoms. The van der Waals surface area contributed by atoms with Gasteiger partial charge in [-0.25, -0.2) is 19.6 Å². The van der Waals surface area contributed by atoms with Gasteiger partial charge in [0, 0.05) is 34.3 Å². The number of nitrogens with two attached hydrogens (primary N) is 1. The molecule has 2 aromatic rings. The first-order chi connectivity index (χ1) is 18.8. The van der Waals surface area contributed by atoms with E-state index in [0.717, 1.165) is 11.8 Å². The molecule has 14 heteroatoms. The number of esters is 1. The summed E-state index contributed by atoms with van der Waals surface area (Å²) in [6, 6.07) is 7.46. The first kappa shape index (κ1) is 33.1. The average Bonchev–Trinajstić information content (AvgIpc) is 2.88. The summed E-state index contributed by atoms with van der Waals surface area (Å²) >= 11 is 0.869. The third kappa shape index (κ3) is 11.6. The summed E-state index contributed by atoms with van der Waals surface area (Å²) in [5, 5.41) is 4.70. The Labute approximate surface area is 238 Å². The number of hydrogen-bond donors (Lipinski definition) is 4. The molecule has 0 aliphatic carbocycles. The SMILES string of the molecule is C/C(NC(=O)Cc1cnc(C)nc1N)=C(\CCOP(=O)(O)N[C@@H](C)C(=O)OCC(C)C)SC(=O)c1ccccc1. The van der Waals surface area contributed by atoms with E-state index < -0.39 is 25.7 Å². The van der Waals surface area contributed by atoms with Crippen LogP contribution in [-0.4, -0.2) is 51.1 Å². The Balaban J connectivity index is 2.10. The number of hydrogen-bond acceptors (Lipinski definition) is 10. The highest BCUT2D eigenvalue weighted by molar-refractivity contribution is 8.17. The number of carbonyl (C=O) groups excluding carboxylic acids is 3. The monoisotopic (exact) mass is 593 g/mol. The van der Waals surface area contributed by atoms with E-state index in [4.69, 9.17) is 15.0 Å². The van der Waals surface area contributed by atoms with Gasteiger partial charge in [0.05, 0.1) is 19.6 Å². The minimum atomic E-state index is -4.39. The molecule has 0 spiro atoms. The van der Waals surface area contributed by atoms with Crippen molar-refractivity contribution in [2.75, 3.05) is 18.9 Å². The molecule has 0 aliphatic rings. The van der Waals surface area contributed by atoms with E-state index in [0.29, 0.717) is 27.6 Å². The summed E-state index contributed by atoms with van der Waals surface area (Å²) < 4.78 is 22.8. The molecular weight excluding hydrogens is 557 g/mol. The van der Waals surface area contributed by atoms with Gasteiger partial charge in [0.15, 0.2) is 0 Å². The number of rotatable bonds is 14. The van der Waals surface area contributed by atoms with Gasteiger partial charge in [0.1, 0.15) is 17.7 Å². The van der Waals surface area contributed by atoms with Gasteiger partial charge in [-0.1, -0.05) is 44.2 Å². The van der Waals surface area contributed by atoms with Crippen LogP contribution in [0.5, 0.6) is 0 Å². The van der Waals surface area contributed by atoms with Crippen molar-refractivity contribution in [3.8, 4) is 0 Å². The van der Waals surface area contributed by atoms with Crippen LogP contribution in [0.25, 0.3) is 0 Å². The number of anilines is 1. The summed E-state index contributed by atoms with van der Waals surface area (Å²) in [6.07, 6.45) is 1.40.